The summed E-state index contributed by atoms with van der Waals surface area (Å²) in [5.74, 6) is 0. The molecule has 0 rings (SSSR count). The maximum Gasteiger partial charge on any atom is 0.0785 e. The van der Waals surface area contributed by atoms with Gasteiger partial charge in [-0.2, -0.15) is 0 Å². The van der Waals surface area contributed by atoms with Crippen LogP contribution < -0.4 is 0 Å². The molecule has 0 aromatic heterocycles. The summed E-state index contributed by atoms with van der Waals surface area (Å²) < 4.78 is 9.50. The molecule has 0 heterocycles. The Labute approximate surface area is 97.7 Å². The van der Waals surface area contributed by atoms with Crippen LogP contribution >= 0.6 is 0 Å². The lowest BCUT2D eigenvalue weighted by molar-refractivity contribution is 0.250. The van der Waals surface area contributed by atoms with Crippen LogP contribution in [0.4, 0.5) is 4.39 Å². The van der Waals surface area contributed by atoms with E-state index in [0.717, 1.165) is 0 Å². The summed E-state index contributed by atoms with van der Waals surface area (Å²) in [4.78, 5) is 0. The number of rotatable bonds is 6. The van der Waals surface area contributed by atoms with Crippen molar-refractivity contribution in [2.75, 3.05) is 7.18 Å². The third-order valence-electron chi connectivity index (χ3n) is 2.84. The molecule has 0 nitrogen and oxygen atoms in total. The molecule has 0 amide bonds. The third-order valence-corrected chi connectivity index (χ3v) is 2.84. The van der Waals surface area contributed by atoms with Gasteiger partial charge in [0.15, 0.2) is 0 Å². The van der Waals surface area contributed by atoms with Gasteiger partial charge in [-0.15, -0.1) is 0 Å². The van der Waals surface area contributed by atoms with Gasteiger partial charge >= 0.3 is 0 Å². The molecule has 0 saturated heterocycles. The van der Waals surface area contributed by atoms with Gasteiger partial charge < -0.3 is 0 Å². The normalized spacial score (nSPS) is 12.8. The smallest absolute Gasteiger partial charge is 0.0785 e. The van der Waals surface area contributed by atoms with Crippen LogP contribution in [0.3, 0.4) is 0 Å². The standard InChI is InChI=1S/C11H24.C2H6.CH3F/c1-5-8-10-11(4,7-3)9-6-2;2*1-2/h5-10H2,1-4H3;1-2H3;1H3. The zero-order valence-electron chi connectivity index (χ0n) is 12.1. The van der Waals surface area contributed by atoms with Gasteiger partial charge in [0.1, 0.15) is 0 Å². The van der Waals surface area contributed by atoms with E-state index < -0.39 is 0 Å². The Morgan fingerprint density at radius 2 is 1.33 bits per heavy atom. The Bertz CT molecular complexity index is 91.3. The first-order chi connectivity index (χ1) is 7.18. The molecule has 0 aliphatic heterocycles. The molecule has 0 fully saturated rings. The molecule has 0 N–H and O–H groups in total. The minimum Gasteiger partial charge on any atom is -0.255 e. The van der Waals surface area contributed by atoms with E-state index in [1.807, 2.05) is 13.8 Å². The molecule has 15 heavy (non-hydrogen) atoms. The number of unbranched alkanes of at least 4 members (excludes halogenated alkanes) is 1. The summed E-state index contributed by atoms with van der Waals surface area (Å²) in [7, 11) is 0.500. The topological polar surface area (TPSA) is 0 Å². The Kier molecular flexibility index (Phi) is 22.2. The van der Waals surface area contributed by atoms with E-state index in [1.54, 1.807) is 0 Å². The van der Waals surface area contributed by atoms with Crippen LogP contribution in [0, 0.1) is 5.41 Å². The van der Waals surface area contributed by atoms with Gasteiger partial charge in [0.25, 0.3) is 0 Å². The van der Waals surface area contributed by atoms with Crippen LogP contribution in [-0.4, -0.2) is 7.18 Å². The van der Waals surface area contributed by atoms with E-state index >= 15 is 0 Å². The quantitative estimate of drug-likeness (QED) is 0.514. The number of hydrogen-bond donors (Lipinski definition) is 0. The molecule has 96 valence electrons. The predicted octanol–water partition coefficient (Wildman–Crippen LogP) is 6.00. The summed E-state index contributed by atoms with van der Waals surface area (Å²) in [5.41, 5.74) is 0.644. The second-order valence-electron chi connectivity index (χ2n) is 4.02. The highest BCUT2D eigenvalue weighted by molar-refractivity contribution is 4.71. The molecule has 0 aliphatic carbocycles. The van der Waals surface area contributed by atoms with Crippen LogP contribution in [0.1, 0.15) is 80.1 Å². The van der Waals surface area contributed by atoms with Crippen molar-refractivity contribution in [1.29, 1.82) is 0 Å². The number of hydrogen-bond acceptors (Lipinski definition) is 0. The molecule has 1 atom stereocenters. The fraction of sp³-hybridized carbons (Fsp3) is 1.00. The molecule has 1 unspecified atom stereocenters. The zero-order chi connectivity index (χ0) is 12.7. The zero-order valence-corrected chi connectivity index (χ0v) is 12.1. The van der Waals surface area contributed by atoms with Gasteiger partial charge in [-0.05, 0) is 18.3 Å². The molecule has 0 saturated carbocycles. The molecule has 0 bridgehead atoms. The fourth-order valence-corrected chi connectivity index (χ4v) is 1.69. The predicted molar refractivity (Wildman–Crippen MR) is 71.2 cm³/mol. The maximum atomic E-state index is 9.50. The van der Waals surface area contributed by atoms with Crippen molar-refractivity contribution in [3.8, 4) is 0 Å². The van der Waals surface area contributed by atoms with Crippen molar-refractivity contribution in [2.24, 2.45) is 5.41 Å². The van der Waals surface area contributed by atoms with Crippen LogP contribution in [0.5, 0.6) is 0 Å². The highest BCUT2D eigenvalue weighted by Crippen LogP contribution is 2.32. The van der Waals surface area contributed by atoms with Crippen LogP contribution in [-0.2, 0) is 0 Å². The van der Waals surface area contributed by atoms with E-state index in [9.17, 15) is 4.39 Å². The van der Waals surface area contributed by atoms with E-state index in [1.165, 1.54) is 38.5 Å². The van der Waals surface area contributed by atoms with E-state index in [4.69, 9.17) is 0 Å². The van der Waals surface area contributed by atoms with Gasteiger partial charge in [0, 0.05) is 0 Å². The second kappa shape index (κ2) is 16.4. The van der Waals surface area contributed by atoms with Crippen LogP contribution in [0.2, 0.25) is 0 Å². The molecular formula is C14H33F. The summed E-state index contributed by atoms with van der Waals surface area (Å²) in [6.45, 7) is 13.3. The van der Waals surface area contributed by atoms with Crippen molar-refractivity contribution in [3.63, 3.8) is 0 Å². The molecule has 1 heteroatoms. The summed E-state index contributed by atoms with van der Waals surface area (Å²) in [6, 6.07) is 0. The SMILES string of the molecule is CC.CCCCC(C)(CC)CCC.CF. The van der Waals surface area contributed by atoms with Crippen molar-refractivity contribution < 1.29 is 4.39 Å². The van der Waals surface area contributed by atoms with Gasteiger partial charge in [-0.3, -0.25) is 4.39 Å². The number of halogens is 1. The third kappa shape index (κ3) is 13.9. The van der Waals surface area contributed by atoms with Crippen molar-refractivity contribution in [3.05, 3.63) is 0 Å². The van der Waals surface area contributed by atoms with Gasteiger partial charge in [-0.25, -0.2) is 0 Å². The minimum absolute atomic E-state index is 0.500. The molecule has 0 spiro atoms. The molecule has 0 radical (unpaired) electrons. The largest absolute Gasteiger partial charge is 0.255 e. The van der Waals surface area contributed by atoms with Gasteiger partial charge in [0.05, 0.1) is 7.18 Å². The Morgan fingerprint density at radius 3 is 1.60 bits per heavy atom. The average molecular weight is 220 g/mol. The van der Waals surface area contributed by atoms with Gasteiger partial charge in [-0.1, -0.05) is 67.2 Å². The monoisotopic (exact) mass is 220 g/mol. The van der Waals surface area contributed by atoms with E-state index in [0.29, 0.717) is 12.6 Å². The average Bonchev–Trinajstić information content (AvgIpc) is 2.32. The molecule has 0 aromatic carbocycles. The van der Waals surface area contributed by atoms with E-state index in [-0.39, 0.29) is 0 Å². The lowest BCUT2D eigenvalue weighted by atomic mass is 9.79. The second-order valence-corrected chi connectivity index (χ2v) is 4.02. The first-order valence-corrected chi connectivity index (χ1v) is 6.56. The Hall–Kier alpha value is -0.0700. The summed E-state index contributed by atoms with van der Waals surface area (Å²) in [6.07, 6.45) is 8.27. The van der Waals surface area contributed by atoms with Crippen LogP contribution in [0.15, 0.2) is 0 Å². The minimum atomic E-state index is 0.500. The first kappa shape index (κ1) is 20.4. The molecule has 0 aliphatic rings. The fourth-order valence-electron chi connectivity index (χ4n) is 1.69. The summed E-state index contributed by atoms with van der Waals surface area (Å²) >= 11 is 0. The Morgan fingerprint density at radius 1 is 0.867 bits per heavy atom. The maximum absolute atomic E-state index is 9.50. The molecule has 0 aromatic rings. The molecular weight excluding hydrogens is 187 g/mol. The van der Waals surface area contributed by atoms with Crippen molar-refractivity contribution >= 4 is 0 Å². The van der Waals surface area contributed by atoms with Gasteiger partial charge in [0.2, 0.25) is 0 Å². The first-order valence-electron chi connectivity index (χ1n) is 6.56. The summed E-state index contributed by atoms with van der Waals surface area (Å²) in [5, 5.41) is 0. The Balaban J connectivity index is -0.000000318. The number of alkyl halides is 1. The highest BCUT2D eigenvalue weighted by Gasteiger charge is 2.19. The highest BCUT2D eigenvalue weighted by atomic mass is 19.1. The van der Waals surface area contributed by atoms with Crippen molar-refractivity contribution in [2.45, 2.75) is 80.1 Å². The lowest BCUT2D eigenvalue weighted by Gasteiger charge is -2.27. The van der Waals surface area contributed by atoms with Crippen molar-refractivity contribution in [1.82, 2.24) is 0 Å². The lowest BCUT2D eigenvalue weighted by Crippen LogP contribution is -2.14. The van der Waals surface area contributed by atoms with E-state index in [2.05, 4.69) is 27.7 Å². The van der Waals surface area contributed by atoms with Crippen LogP contribution in [0.25, 0.3) is 0 Å².